The van der Waals surface area contributed by atoms with E-state index in [9.17, 15) is 9.18 Å². The Morgan fingerprint density at radius 1 is 1.25 bits per heavy atom. The fraction of sp³-hybridized carbons (Fsp3) is 0.550. The smallest absolute Gasteiger partial charge is 0.411 e. The highest BCUT2D eigenvalue weighted by molar-refractivity contribution is 5.70. The lowest BCUT2D eigenvalue weighted by atomic mass is 9.83. The molecule has 1 amide bonds. The van der Waals surface area contributed by atoms with E-state index in [2.05, 4.69) is 6.08 Å². The molecule has 2 unspecified atom stereocenters. The molecule has 4 heteroatoms. The van der Waals surface area contributed by atoms with Gasteiger partial charge in [0.05, 0.1) is 6.04 Å². The summed E-state index contributed by atoms with van der Waals surface area (Å²) in [5.41, 5.74) is 1.99. The summed E-state index contributed by atoms with van der Waals surface area (Å²) in [6.45, 7) is 5.71. The quantitative estimate of drug-likeness (QED) is 0.725. The Morgan fingerprint density at radius 2 is 1.96 bits per heavy atom. The maximum absolute atomic E-state index is 13.1. The normalized spacial score (nSPS) is 23.7. The van der Waals surface area contributed by atoms with Crippen molar-refractivity contribution < 1.29 is 13.9 Å². The Balaban J connectivity index is 1.74. The number of halogens is 1. The van der Waals surface area contributed by atoms with Crippen molar-refractivity contribution in [3.8, 4) is 0 Å². The number of benzene rings is 1. The molecule has 3 nitrogen and oxygen atoms in total. The highest BCUT2D eigenvalue weighted by Crippen LogP contribution is 2.35. The molecule has 0 aliphatic carbocycles. The third kappa shape index (κ3) is 3.97. The summed E-state index contributed by atoms with van der Waals surface area (Å²) in [7, 11) is 0. The van der Waals surface area contributed by atoms with E-state index in [1.165, 1.54) is 17.7 Å². The van der Waals surface area contributed by atoms with Gasteiger partial charge >= 0.3 is 6.09 Å². The van der Waals surface area contributed by atoms with Gasteiger partial charge in [0.15, 0.2) is 0 Å². The van der Waals surface area contributed by atoms with Crippen molar-refractivity contribution in [2.75, 3.05) is 0 Å². The largest absolute Gasteiger partial charge is 0.444 e. The van der Waals surface area contributed by atoms with Crippen LogP contribution in [0.3, 0.4) is 0 Å². The zero-order valence-corrected chi connectivity index (χ0v) is 14.7. The maximum atomic E-state index is 13.1. The van der Waals surface area contributed by atoms with Crippen LogP contribution in [-0.2, 0) is 11.2 Å². The van der Waals surface area contributed by atoms with Gasteiger partial charge in [-0.05, 0) is 70.6 Å². The standard InChI is InChI=1S/C20H26FNO2/c1-20(2,3)24-19(23)22-17-5-4-6-18(22)13-15(12-17)11-14-7-9-16(21)10-8-14/h7-10,12,17-18H,4-6,11,13H2,1-3H3. The first-order valence-electron chi connectivity index (χ1n) is 8.77. The van der Waals surface area contributed by atoms with Crippen LogP contribution in [0.2, 0.25) is 0 Å². The minimum Gasteiger partial charge on any atom is -0.444 e. The summed E-state index contributed by atoms with van der Waals surface area (Å²) in [6, 6.07) is 7.04. The van der Waals surface area contributed by atoms with Crippen LogP contribution in [0.1, 0.15) is 52.0 Å². The molecular formula is C20H26FNO2. The summed E-state index contributed by atoms with van der Waals surface area (Å²) in [5, 5.41) is 0. The Labute approximate surface area is 143 Å². The Bertz CT molecular complexity index is 630. The summed E-state index contributed by atoms with van der Waals surface area (Å²) in [6.07, 6.45) is 6.90. The summed E-state index contributed by atoms with van der Waals surface area (Å²) in [4.78, 5) is 14.5. The van der Waals surface area contributed by atoms with Crippen LogP contribution in [0.5, 0.6) is 0 Å². The summed E-state index contributed by atoms with van der Waals surface area (Å²) < 4.78 is 18.7. The second kappa shape index (κ2) is 6.58. The molecule has 24 heavy (non-hydrogen) atoms. The molecule has 3 rings (SSSR count). The molecule has 0 saturated carbocycles. The number of rotatable bonds is 2. The van der Waals surface area contributed by atoms with Crippen molar-refractivity contribution in [1.82, 2.24) is 4.90 Å². The Kier molecular flexibility index (Phi) is 4.66. The topological polar surface area (TPSA) is 29.5 Å². The average Bonchev–Trinajstić information content (AvgIpc) is 2.47. The molecule has 0 N–H and O–H groups in total. The number of hydrogen-bond donors (Lipinski definition) is 0. The first-order valence-corrected chi connectivity index (χ1v) is 8.77. The molecule has 0 aromatic heterocycles. The first kappa shape index (κ1) is 17.0. The van der Waals surface area contributed by atoms with Gasteiger partial charge < -0.3 is 4.74 Å². The molecule has 1 aromatic rings. The first-order chi connectivity index (χ1) is 11.3. The van der Waals surface area contributed by atoms with Crippen LogP contribution < -0.4 is 0 Å². The predicted molar refractivity (Wildman–Crippen MR) is 92.3 cm³/mol. The number of piperidine rings is 1. The molecule has 1 fully saturated rings. The van der Waals surface area contributed by atoms with Gasteiger partial charge in [0, 0.05) is 6.04 Å². The van der Waals surface area contributed by atoms with Crippen LogP contribution >= 0.6 is 0 Å². The predicted octanol–water partition coefficient (Wildman–Crippen LogP) is 4.86. The molecule has 2 aliphatic rings. The average molecular weight is 331 g/mol. The minimum atomic E-state index is -0.469. The zero-order chi connectivity index (χ0) is 17.3. The van der Waals surface area contributed by atoms with Crippen molar-refractivity contribution in [2.45, 2.75) is 70.6 Å². The molecule has 130 valence electrons. The number of amides is 1. The lowest BCUT2D eigenvalue weighted by Gasteiger charge is -2.45. The Morgan fingerprint density at radius 3 is 2.58 bits per heavy atom. The zero-order valence-electron chi connectivity index (χ0n) is 14.7. The van der Waals surface area contributed by atoms with Crippen LogP contribution in [0.15, 0.2) is 35.9 Å². The summed E-state index contributed by atoms with van der Waals surface area (Å²) >= 11 is 0. The summed E-state index contributed by atoms with van der Waals surface area (Å²) in [5.74, 6) is -0.204. The molecule has 2 atom stereocenters. The fourth-order valence-corrected chi connectivity index (χ4v) is 3.71. The lowest BCUT2D eigenvalue weighted by molar-refractivity contribution is -0.00150. The van der Waals surface area contributed by atoms with E-state index in [0.29, 0.717) is 0 Å². The minimum absolute atomic E-state index is 0.128. The molecule has 2 heterocycles. The maximum Gasteiger partial charge on any atom is 0.411 e. The van der Waals surface area contributed by atoms with Crippen molar-refractivity contribution in [1.29, 1.82) is 0 Å². The monoisotopic (exact) mass is 331 g/mol. The number of nitrogens with zero attached hydrogens (tertiary/aromatic N) is 1. The van der Waals surface area contributed by atoms with Gasteiger partial charge in [-0.25, -0.2) is 9.18 Å². The van der Waals surface area contributed by atoms with Crippen molar-refractivity contribution in [2.24, 2.45) is 0 Å². The van der Waals surface area contributed by atoms with Gasteiger partial charge in [0.1, 0.15) is 11.4 Å². The van der Waals surface area contributed by atoms with Gasteiger partial charge in [-0.1, -0.05) is 23.8 Å². The second-order valence-electron chi connectivity index (χ2n) is 7.87. The van der Waals surface area contributed by atoms with E-state index >= 15 is 0 Å². The van der Waals surface area contributed by atoms with Gasteiger partial charge in [-0.2, -0.15) is 0 Å². The molecule has 1 saturated heterocycles. The van der Waals surface area contributed by atoms with E-state index in [-0.39, 0.29) is 24.0 Å². The molecule has 2 aliphatic heterocycles. The van der Waals surface area contributed by atoms with Gasteiger partial charge in [-0.3, -0.25) is 4.90 Å². The van der Waals surface area contributed by atoms with Gasteiger partial charge in [0.2, 0.25) is 0 Å². The highest BCUT2D eigenvalue weighted by atomic mass is 19.1. The molecular weight excluding hydrogens is 305 g/mol. The number of fused-ring (bicyclic) bond motifs is 2. The number of carbonyl (C=O) groups excluding carboxylic acids is 1. The van der Waals surface area contributed by atoms with Gasteiger partial charge in [-0.15, -0.1) is 0 Å². The van der Waals surface area contributed by atoms with Crippen LogP contribution in [-0.4, -0.2) is 28.7 Å². The van der Waals surface area contributed by atoms with E-state index in [1.54, 1.807) is 0 Å². The fourth-order valence-electron chi connectivity index (χ4n) is 3.71. The van der Waals surface area contributed by atoms with E-state index in [4.69, 9.17) is 4.74 Å². The lowest BCUT2D eigenvalue weighted by Crippen LogP contribution is -2.53. The molecule has 0 radical (unpaired) electrons. The van der Waals surface area contributed by atoms with Crippen LogP contribution in [0.25, 0.3) is 0 Å². The number of hydrogen-bond acceptors (Lipinski definition) is 2. The van der Waals surface area contributed by atoms with Crippen molar-refractivity contribution in [3.05, 3.63) is 47.3 Å². The molecule has 2 bridgehead atoms. The SMILES string of the molecule is CC(C)(C)OC(=O)N1C2C=C(Cc3ccc(F)cc3)CC1CCC2. The third-order valence-electron chi connectivity index (χ3n) is 4.66. The van der Waals surface area contributed by atoms with E-state index < -0.39 is 5.60 Å². The second-order valence-corrected chi connectivity index (χ2v) is 7.87. The van der Waals surface area contributed by atoms with Crippen molar-refractivity contribution in [3.63, 3.8) is 0 Å². The molecule has 1 aromatic carbocycles. The van der Waals surface area contributed by atoms with Crippen molar-refractivity contribution >= 4 is 6.09 Å². The number of ether oxygens (including phenoxy) is 1. The van der Waals surface area contributed by atoms with Crippen LogP contribution in [0.4, 0.5) is 9.18 Å². The van der Waals surface area contributed by atoms with E-state index in [1.807, 2.05) is 37.8 Å². The van der Waals surface area contributed by atoms with E-state index in [0.717, 1.165) is 37.7 Å². The third-order valence-corrected chi connectivity index (χ3v) is 4.66. The number of carbonyl (C=O) groups is 1. The Hall–Kier alpha value is -1.84. The molecule has 0 spiro atoms. The highest BCUT2D eigenvalue weighted by Gasteiger charge is 2.38. The van der Waals surface area contributed by atoms with Crippen LogP contribution in [0, 0.1) is 5.82 Å². The van der Waals surface area contributed by atoms with Gasteiger partial charge in [0.25, 0.3) is 0 Å².